The van der Waals surface area contributed by atoms with Crippen molar-refractivity contribution in [1.82, 2.24) is 20.2 Å². The monoisotopic (exact) mass is 358 g/mol. The van der Waals surface area contributed by atoms with Gasteiger partial charge in [0, 0.05) is 43.3 Å². The highest BCUT2D eigenvalue weighted by molar-refractivity contribution is 5.41. The Labute approximate surface area is 155 Å². The topological polar surface area (TPSA) is 93.0 Å². The van der Waals surface area contributed by atoms with Gasteiger partial charge in [0.25, 0.3) is 0 Å². The molecule has 0 spiro atoms. The van der Waals surface area contributed by atoms with Crippen LogP contribution in [0.15, 0.2) is 12.1 Å². The van der Waals surface area contributed by atoms with Gasteiger partial charge in [-0.25, -0.2) is 9.97 Å². The van der Waals surface area contributed by atoms with Crippen molar-refractivity contribution in [3.05, 3.63) is 35.0 Å². The zero-order valence-electron chi connectivity index (χ0n) is 16.4. The zero-order valence-corrected chi connectivity index (χ0v) is 16.4. The first-order chi connectivity index (χ1) is 12.3. The minimum atomic E-state index is 0.0318. The van der Waals surface area contributed by atoms with E-state index in [0.29, 0.717) is 30.9 Å². The van der Waals surface area contributed by atoms with Gasteiger partial charge in [0.2, 0.25) is 0 Å². The predicted molar refractivity (Wildman–Crippen MR) is 102 cm³/mol. The second kappa shape index (κ2) is 7.32. The second-order valence-electron chi connectivity index (χ2n) is 8.31. The maximum Gasteiger partial charge on any atom is 0.156 e. The van der Waals surface area contributed by atoms with Crippen LogP contribution in [0.1, 0.15) is 62.4 Å². The van der Waals surface area contributed by atoms with E-state index in [-0.39, 0.29) is 5.41 Å². The molecule has 0 atom stereocenters. The minimum absolute atomic E-state index is 0.0318. The lowest BCUT2D eigenvalue weighted by atomic mass is 9.78. The Morgan fingerprint density at radius 3 is 2.58 bits per heavy atom. The van der Waals surface area contributed by atoms with E-state index in [1.54, 1.807) is 7.11 Å². The number of nitrogens with one attached hydrogen (secondary N) is 1. The Morgan fingerprint density at radius 1 is 1.27 bits per heavy atom. The Morgan fingerprint density at radius 2 is 2.00 bits per heavy atom. The average molecular weight is 358 g/mol. The van der Waals surface area contributed by atoms with E-state index in [4.69, 9.17) is 10.5 Å². The molecule has 7 heteroatoms. The summed E-state index contributed by atoms with van der Waals surface area (Å²) in [5, 5.41) is 7.58. The molecule has 1 saturated carbocycles. The number of rotatable bonds is 6. The van der Waals surface area contributed by atoms with Crippen molar-refractivity contribution in [2.75, 3.05) is 19.1 Å². The number of hydrogen-bond donors (Lipinski definition) is 2. The summed E-state index contributed by atoms with van der Waals surface area (Å²) in [6.07, 6.45) is 1.98. The number of nitrogens with two attached hydrogens (primary N) is 1. The number of aromatic amines is 1. The molecule has 1 aliphatic carbocycles. The number of anilines is 1. The molecule has 0 unspecified atom stereocenters. The highest BCUT2D eigenvalue weighted by Crippen LogP contribution is 2.35. The number of methoxy groups -OCH3 is 1. The van der Waals surface area contributed by atoms with Gasteiger partial charge in [-0.1, -0.05) is 20.8 Å². The van der Waals surface area contributed by atoms with E-state index in [2.05, 4.69) is 58.0 Å². The molecule has 0 saturated heterocycles. The van der Waals surface area contributed by atoms with Gasteiger partial charge < -0.3 is 15.4 Å². The Bertz CT molecular complexity index is 745. The van der Waals surface area contributed by atoms with Gasteiger partial charge in [-0.2, -0.15) is 5.10 Å². The number of ether oxygens (including phenoxy) is 1. The Hall–Kier alpha value is -1.99. The molecule has 0 radical (unpaired) electrons. The summed E-state index contributed by atoms with van der Waals surface area (Å²) in [4.78, 5) is 11.4. The van der Waals surface area contributed by atoms with Crippen molar-refractivity contribution >= 4 is 5.82 Å². The SMILES string of the molecule is COCc1nc(C2CC(N)C2)cc(N(C)Cc2cc(C(C)(C)C)n[nH]2)n1. The largest absolute Gasteiger partial charge is 0.377 e. The molecule has 3 rings (SSSR count). The van der Waals surface area contributed by atoms with Gasteiger partial charge in [0.05, 0.1) is 17.9 Å². The molecule has 0 bridgehead atoms. The lowest BCUT2D eigenvalue weighted by Crippen LogP contribution is -2.35. The summed E-state index contributed by atoms with van der Waals surface area (Å²) in [7, 11) is 3.70. The molecule has 2 aromatic heterocycles. The maximum absolute atomic E-state index is 5.95. The van der Waals surface area contributed by atoms with Crippen LogP contribution < -0.4 is 10.6 Å². The summed E-state index contributed by atoms with van der Waals surface area (Å²) in [5.74, 6) is 2.04. The second-order valence-corrected chi connectivity index (χ2v) is 8.31. The predicted octanol–water partition coefficient (Wildman–Crippen LogP) is 2.48. The van der Waals surface area contributed by atoms with E-state index in [0.717, 1.165) is 35.7 Å². The van der Waals surface area contributed by atoms with Gasteiger partial charge in [-0.3, -0.25) is 5.10 Å². The van der Waals surface area contributed by atoms with Crippen LogP contribution in [0.25, 0.3) is 0 Å². The van der Waals surface area contributed by atoms with E-state index in [9.17, 15) is 0 Å². The fraction of sp³-hybridized carbons (Fsp3) is 0.632. The lowest BCUT2D eigenvalue weighted by Gasteiger charge is -2.32. The number of nitrogens with zero attached hydrogens (tertiary/aromatic N) is 4. The quantitative estimate of drug-likeness (QED) is 0.824. The summed E-state index contributed by atoms with van der Waals surface area (Å²) in [6, 6.07) is 4.50. The van der Waals surface area contributed by atoms with Gasteiger partial charge in [-0.05, 0) is 18.9 Å². The van der Waals surface area contributed by atoms with Crippen LogP contribution in [0.2, 0.25) is 0 Å². The van der Waals surface area contributed by atoms with Crippen LogP contribution in [0, 0.1) is 0 Å². The molecule has 26 heavy (non-hydrogen) atoms. The van der Waals surface area contributed by atoms with Crippen LogP contribution in [0.3, 0.4) is 0 Å². The maximum atomic E-state index is 5.95. The summed E-state index contributed by atoms with van der Waals surface area (Å²) in [6.45, 7) is 7.59. The summed E-state index contributed by atoms with van der Waals surface area (Å²) < 4.78 is 5.24. The molecule has 3 N–H and O–H groups in total. The third-order valence-corrected chi connectivity index (χ3v) is 4.84. The molecular formula is C19H30N6O. The highest BCUT2D eigenvalue weighted by atomic mass is 16.5. The van der Waals surface area contributed by atoms with Crippen LogP contribution in [0.5, 0.6) is 0 Å². The smallest absolute Gasteiger partial charge is 0.156 e. The van der Waals surface area contributed by atoms with E-state index < -0.39 is 0 Å². The molecule has 1 fully saturated rings. The normalized spacial score (nSPS) is 20.1. The molecule has 2 heterocycles. The molecule has 142 valence electrons. The Balaban J connectivity index is 1.79. The van der Waals surface area contributed by atoms with Crippen molar-refractivity contribution in [3.8, 4) is 0 Å². The number of H-pyrrole nitrogens is 1. The fourth-order valence-electron chi connectivity index (χ4n) is 3.17. The number of aromatic nitrogens is 4. The van der Waals surface area contributed by atoms with Gasteiger partial charge >= 0.3 is 0 Å². The van der Waals surface area contributed by atoms with Crippen molar-refractivity contribution in [3.63, 3.8) is 0 Å². The number of hydrogen-bond acceptors (Lipinski definition) is 6. The van der Waals surface area contributed by atoms with Gasteiger partial charge in [0.1, 0.15) is 12.4 Å². The van der Waals surface area contributed by atoms with Crippen molar-refractivity contribution < 1.29 is 4.74 Å². The summed E-state index contributed by atoms with van der Waals surface area (Å²) >= 11 is 0. The van der Waals surface area contributed by atoms with Crippen molar-refractivity contribution in [2.45, 2.75) is 64.1 Å². The van der Waals surface area contributed by atoms with E-state index in [1.807, 2.05) is 7.05 Å². The van der Waals surface area contributed by atoms with Crippen LogP contribution in [-0.2, 0) is 23.3 Å². The standard InChI is InChI=1S/C19H30N6O/c1-19(2,3)16-8-14(23-24-16)10-25(4)18-9-15(12-6-13(20)7-12)21-17(22-18)11-26-5/h8-9,12-13H,6-7,10-11,20H2,1-5H3,(H,23,24). The van der Waals surface area contributed by atoms with Crippen LogP contribution >= 0.6 is 0 Å². The Kier molecular flexibility index (Phi) is 5.29. The first-order valence-corrected chi connectivity index (χ1v) is 9.14. The van der Waals surface area contributed by atoms with Gasteiger partial charge in [-0.15, -0.1) is 0 Å². The van der Waals surface area contributed by atoms with Crippen molar-refractivity contribution in [2.24, 2.45) is 5.73 Å². The average Bonchev–Trinajstić information content (AvgIpc) is 3.00. The summed E-state index contributed by atoms with van der Waals surface area (Å²) in [5.41, 5.74) is 9.18. The molecule has 0 aromatic carbocycles. The third kappa shape index (κ3) is 4.22. The molecule has 0 aliphatic heterocycles. The first kappa shape index (κ1) is 18.8. The third-order valence-electron chi connectivity index (χ3n) is 4.84. The highest BCUT2D eigenvalue weighted by Gasteiger charge is 2.29. The van der Waals surface area contributed by atoms with Crippen LogP contribution in [-0.4, -0.2) is 40.4 Å². The zero-order chi connectivity index (χ0) is 18.9. The fourth-order valence-corrected chi connectivity index (χ4v) is 3.17. The van der Waals surface area contributed by atoms with E-state index >= 15 is 0 Å². The molecule has 7 nitrogen and oxygen atoms in total. The molecule has 2 aromatic rings. The molecular weight excluding hydrogens is 328 g/mol. The van der Waals surface area contributed by atoms with Crippen molar-refractivity contribution in [1.29, 1.82) is 0 Å². The van der Waals surface area contributed by atoms with Crippen LogP contribution in [0.4, 0.5) is 5.82 Å². The first-order valence-electron chi connectivity index (χ1n) is 9.14. The lowest BCUT2D eigenvalue weighted by molar-refractivity contribution is 0.177. The van der Waals surface area contributed by atoms with Gasteiger partial charge in [0.15, 0.2) is 5.82 Å². The minimum Gasteiger partial charge on any atom is -0.377 e. The van der Waals surface area contributed by atoms with E-state index in [1.165, 1.54) is 0 Å². The molecule has 1 aliphatic rings. The molecule has 0 amide bonds.